The van der Waals surface area contributed by atoms with E-state index < -0.39 is 47.7 Å². The SMILES string of the molecule is CC(C)[C@@H](NC(=O)OCc1ccccc1)C(=O)N[C@@H](Cc1ccc(C(F)(F)F)cc1)C(=O)O. The van der Waals surface area contributed by atoms with E-state index in [1.165, 1.54) is 0 Å². The summed E-state index contributed by atoms with van der Waals surface area (Å²) in [5, 5.41) is 14.2. The first-order valence-corrected chi connectivity index (χ1v) is 10.1. The van der Waals surface area contributed by atoms with Gasteiger partial charge in [-0.1, -0.05) is 56.3 Å². The quantitative estimate of drug-likeness (QED) is 0.522. The van der Waals surface area contributed by atoms with Gasteiger partial charge in [0, 0.05) is 6.42 Å². The molecule has 0 fully saturated rings. The maximum absolute atomic E-state index is 12.7. The summed E-state index contributed by atoms with van der Waals surface area (Å²) in [5.74, 6) is -2.51. The van der Waals surface area contributed by atoms with Gasteiger partial charge in [-0.2, -0.15) is 13.2 Å². The van der Waals surface area contributed by atoms with Crippen LogP contribution in [0, 0.1) is 5.92 Å². The number of rotatable bonds is 9. The van der Waals surface area contributed by atoms with Crippen molar-refractivity contribution in [2.24, 2.45) is 5.92 Å². The molecule has 0 saturated heterocycles. The maximum Gasteiger partial charge on any atom is 0.416 e. The molecule has 7 nitrogen and oxygen atoms in total. The number of carbonyl (C=O) groups excluding carboxylic acids is 2. The summed E-state index contributed by atoms with van der Waals surface area (Å²) >= 11 is 0. The molecule has 0 saturated carbocycles. The lowest BCUT2D eigenvalue weighted by atomic mass is 10.0. The third kappa shape index (κ3) is 8.13. The fraction of sp³-hybridized carbons (Fsp3) is 0.348. The molecule has 178 valence electrons. The minimum Gasteiger partial charge on any atom is -0.480 e. The van der Waals surface area contributed by atoms with E-state index in [0.29, 0.717) is 5.56 Å². The number of alkyl carbamates (subject to hydrolysis) is 1. The Labute approximate surface area is 188 Å². The van der Waals surface area contributed by atoms with E-state index in [1.807, 2.05) is 6.07 Å². The standard InChI is InChI=1S/C23H25F3N2O5/c1-14(2)19(28-22(32)33-13-16-6-4-3-5-7-16)20(29)27-18(21(30)31)12-15-8-10-17(11-9-15)23(24,25)26/h3-11,14,18-19H,12-13H2,1-2H3,(H,27,29)(H,28,32)(H,30,31)/t18-,19+/m0/s1. The van der Waals surface area contributed by atoms with Crippen LogP contribution >= 0.6 is 0 Å². The zero-order valence-electron chi connectivity index (χ0n) is 18.1. The van der Waals surface area contributed by atoms with Crippen molar-refractivity contribution in [1.29, 1.82) is 0 Å². The molecular weight excluding hydrogens is 441 g/mol. The average molecular weight is 466 g/mol. The van der Waals surface area contributed by atoms with E-state index in [2.05, 4.69) is 10.6 Å². The number of carbonyl (C=O) groups is 3. The van der Waals surface area contributed by atoms with Crippen LogP contribution in [0.3, 0.4) is 0 Å². The van der Waals surface area contributed by atoms with Gasteiger partial charge >= 0.3 is 18.2 Å². The van der Waals surface area contributed by atoms with Crippen LogP contribution in [0.15, 0.2) is 54.6 Å². The van der Waals surface area contributed by atoms with Gasteiger partial charge in [-0.15, -0.1) is 0 Å². The highest BCUT2D eigenvalue weighted by Gasteiger charge is 2.31. The number of hydrogen-bond acceptors (Lipinski definition) is 4. The molecule has 33 heavy (non-hydrogen) atoms. The molecule has 0 heterocycles. The number of benzene rings is 2. The lowest BCUT2D eigenvalue weighted by molar-refractivity contribution is -0.142. The second kappa shape index (κ2) is 11.3. The van der Waals surface area contributed by atoms with Crippen LogP contribution in [0.2, 0.25) is 0 Å². The van der Waals surface area contributed by atoms with Gasteiger partial charge in [-0.05, 0) is 29.2 Å². The molecular formula is C23H25F3N2O5. The van der Waals surface area contributed by atoms with Crippen LogP contribution < -0.4 is 10.6 Å². The number of hydrogen-bond donors (Lipinski definition) is 3. The average Bonchev–Trinajstić information content (AvgIpc) is 2.75. The number of halogens is 3. The minimum atomic E-state index is -4.51. The third-order valence-electron chi connectivity index (χ3n) is 4.77. The van der Waals surface area contributed by atoms with Crippen molar-refractivity contribution in [2.75, 3.05) is 0 Å². The Kier molecular flexibility index (Phi) is 8.84. The molecule has 0 bridgehead atoms. The van der Waals surface area contributed by atoms with Crippen LogP contribution in [-0.2, 0) is 33.5 Å². The predicted molar refractivity (Wildman–Crippen MR) is 113 cm³/mol. The molecule has 0 aromatic heterocycles. The molecule has 2 amide bonds. The highest BCUT2D eigenvalue weighted by atomic mass is 19.4. The molecule has 0 unspecified atom stereocenters. The lowest BCUT2D eigenvalue weighted by Crippen LogP contribution is -2.54. The third-order valence-corrected chi connectivity index (χ3v) is 4.77. The van der Waals surface area contributed by atoms with Gasteiger partial charge in [0.2, 0.25) is 5.91 Å². The van der Waals surface area contributed by atoms with Gasteiger partial charge < -0.3 is 20.5 Å². The Bertz CT molecular complexity index is 947. The number of carboxylic acid groups (broad SMARTS) is 1. The van der Waals surface area contributed by atoms with Gasteiger partial charge in [0.15, 0.2) is 0 Å². The van der Waals surface area contributed by atoms with Gasteiger partial charge in [-0.25, -0.2) is 9.59 Å². The Morgan fingerprint density at radius 3 is 2.06 bits per heavy atom. The number of carboxylic acids is 1. The number of ether oxygens (including phenoxy) is 1. The topological polar surface area (TPSA) is 105 Å². The van der Waals surface area contributed by atoms with Crippen molar-refractivity contribution in [3.05, 3.63) is 71.3 Å². The molecule has 2 aromatic rings. The van der Waals surface area contributed by atoms with Crippen LogP contribution in [0.25, 0.3) is 0 Å². The molecule has 2 rings (SSSR count). The van der Waals surface area contributed by atoms with Crippen LogP contribution in [0.1, 0.15) is 30.5 Å². The van der Waals surface area contributed by atoms with Crippen LogP contribution in [-0.4, -0.2) is 35.2 Å². The molecule has 0 aliphatic heterocycles. The number of amides is 2. The highest BCUT2D eigenvalue weighted by Crippen LogP contribution is 2.29. The van der Waals surface area contributed by atoms with Crippen molar-refractivity contribution in [2.45, 2.75) is 45.1 Å². The fourth-order valence-electron chi connectivity index (χ4n) is 2.95. The molecule has 2 atom stereocenters. The molecule has 3 N–H and O–H groups in total. The summed E-state index contributed by atoms with van der Waals surface area (Å²) < 4.78 is 43.2. The van der Waals surface area contributed by atoms with E-state index >= 15 is 0 Å². The summed E-state index contributed by atoms with van der Waals surface area (Å²) in [6.45, 7) is 3.31. The Morgan fingerprint density at radius 1 is 0.939 bits per heavy atom. The Balaban J connectivity index is 2.00. The van der Waals surface area contributed by atoms with E-state index in [9.17, 15) is 32.7 Å². The second-order valence-corrected chi connectivity index (χ2v) is 7.73. The molecule has 10 heteroatoms. The summed E-state index contributed by atoms with van der Waals surface area (Å²) in [4.78, 5) is 36.5. The van der Waals surface area contributed by atoms with Gasteiger partial charge in [-0.3, -0.25) is 4.79 Å². The molecule has 2 aromatic carbocycles. The van der Waals surface area contributed by atoms with Crippen molar-refractivity contribution in [3.8, 4) is 0 Å². The van der Waals surface area contributed by atoms with E-state index in [4.69, 9.17) is 4.74 Å². The number of aliphatic carboxylic acids is 1. The molecule has 0 radical (unpaired) electrons. The van der Waals surface area contributed by atoms with E-state index in [0.717, 1.165) is 29.8 Å². The summed E-state index contributed by atoms with van der Waals surface area (Å²) in [6, 6.07) is 10.4. The first-order valence-electron chi connectivity index (χ1n) is 10.1. The second-order valence-electron chi connectivity index (χ2n) is 7.73. The van der Waals surface area contributed by atoms with Crippen molar-refractivity contribution < 1.29 is 37.4 Å². The lowest BCUT2D eigenvalue weighted by Gasteiger charge is -2.24. The smallest absolute Gasteiger partial charge is 0.416 e. The monoisotopic (exact) mass is 466 g/mol. The molecule has 0 aliphatic rings. The summed E-state index contributed by atoms with van der Waals surface area (Å²) in [6.07, 6.45) is -5.59. The van der Waals surface area contributed by atoms with Crippen molar-refractivity contribution in [1.82, 2.24) is 10.6 Å². The number of nitrogens with one attached hydrogen (secondary N) is 2. The summed E-state index contributed by atoms with van der Waals surface area (Å²) in [5.41, 5.74) is 0.188. The normalized spacial score (nSPS) is 13.2. The Hall–Kier alpha value is -3.56. The number of alkyl halides is 3. The van der Waals surface area contributed by atoms with Crippen LogP contribution in [0.5, 0.6) is 0 Å². The largest absolute Gasteiger partial charge is 0.480 e. The first-order chi connectivity index (χ1) is 15.5. The zero-order valence-corrected chi connectivity index (χ0v) is 18.1. The highest BCUT2D eigenvalue weighted by molar-refractivity contribution is 5.89. The summed E-state index contributed by atoms with van der Waals surface area (Å²) in [7, 11) is 0. The zero-order chi connectivity index (χ0) is 24.6. The maximum atomic E-state index is 12.7. The van der Waals surface area contributed by atoms with Gasteiger partial charge in [0.25, 0.3) is 0 Å². The van der Waals surface area contributed by atoms with Crippen molar-refractivity contribution in [3.63, 3.8) is 0 Å². The van der Waals surface area contributed by atoms with Gasteiger partial charge in [0.1, 0.15) is 18.7 Å². The Morgan fingerprint density at radius 2 is 1.55 bits per heavy atom. The van der Waals surface area contributed by atoms with Crippen LogP contribution in [0.4, 0.5) is 18.0 Å². The minimum absolute atomic E-state index is 0.00915. The fourth-order valence-corrected chi connectivity index (χ4v) is 2.95. The van der Waals surface area contributed by atoms with E-state index in [-0.39, 0.29) is 13.0 Å². The van der Waals surface area contributed by atoms with Crippen molar-refractivity contribution >= 4 is 18.0 Å². The first kappa shape index (κ1) is 25.7. The van der Waals surface area contributed by atoms with Gasteiger partial charge in [0.05, 0.1) is 5.56 Å². The molecule has 0 spiro atoms. The predicted octanol–water partition coefficient (Wildman–Crippen LogP) is 3.77. The van der Waals surface area contributed by atoms with E-state index in [1.54, 1.807) is 38.1 Å². The molecule has 0 aliphatic carbocycles.